The fraction of sp³-hybridized carbons (Fsp3) is 0.310. The Kier molecular flexibility index (Phi) is 7.37. The van der Waals surface area contributed by atoms with E-state index in [1.807, 2.05) is 68.6 Å². The highest BCUT2D eigenvalue weighted by Crippen LogP contribution is 2.21. The largest absolute Gasteiger partial charge is 0.484 e. The Morgan fingerprint density at radius 2 is 1.81 bits per heavy atom. The lowest BCUT2D eigenvalue weighted by Gasteiger charge is -2.36. The maximum Gasteiger partial charge on any atom is 0.262 e. The number of carbonyl (C=O) groups excluding carboxylic acids is 1. The lowest BCUT2D eigenvalue weighted by molar-refractivity contribution is -0.118. The summed E-state index contributed by atoms with van der Waals surface area (Å²) in [4.78, 5) is 22.0. The number of nitrogens with one attached hydrogen (secondary N) is 1. The van der Waals surface area contributed by atoms with Crippen LogP contribution < -0.4 is 15.0 Å². The number of carbonyl (C=O) groups is 1. The van der Waals surface area contributed by atoms with Gasteiger partial charge in [0, 0.05) is 57.6 Å². The van der Waals surface area contributed by atoms with Gasteiger partial charge < -0.3 is 19.5 Å². The van der Waals surface area contributed by atoms with Crippen molar-refractivity contribution in [3.05, 3.63) is 83.9 Å². The number of aryl methyl sites for hydroxylation is 2. The minimum atomic E-state index is -0.211. The summed E-state index contributed by atoms with van der Waals surface area (Å²) in [6.07, 6.45) is 0.841. The van der Waals surface area contributed by atoms with Gasteiger partial charge in [0.15, 0.2) is 6.61 Å². The molecule has 7 nitrogen and oxygen atoms in total. The van der Waals surface area contributed by atoms with Crippen molar-refractivity contribution in [3.8, 4) is 5.75 Å². The number of fused-ring (bicyclic) bond motifs is 1. The van der Waals surface area contributed by atoms with E-state index >= 15 is 0 Å². The number of hydrogen-bond acceptors (Lipinski definition) is 5. The summed E-state index contributed by atoms with van der Waals surface area (Å²) in [5.41, 5.74) is 4.75. The number of piperazine rings is 1. The molecule has 1 aromatic heterocycles. The Balaban J connectivity index is 1.14. The third-order valence-corrected chi connectivity index (χ3v) is 6.83. The Hall–Kier alpha value is -3.91. The van der Waals surface area contributed by atoms with Crippen molar-refractivity contribution in [2.24, 2.45) is 7.05 Å². The zero-order chi connectivity index (χ0) is 25.8. The van der Waals surface area contributed by atoms with Crippen LogP contribution in [-0.2, 0) is 18.3 Å². The molecule has 1 aliphatic heterocycles. The summed E-state index contributed by atoms with van der Waals surface area (Å²) in [5.74, 6) is 1.28. The first kappa shape index (κ1) is 24.8. The predicted octanol–water partition coefficient (Wildman–Crippen LogP) is 4.40. The van der Waals surface area contributed by atoms with Crippen LogP contribution in [0.5, 0.6) is 5.75 Å². The highest BCUT2D eigenvalue weighted by Gasteiger charge is 2.18. The van der Waals surface area contributed by atoms with Crippen molar-refractivity contribution < 1.29 is 13.9 Å². The average molecular weight is 502 g/mol. The standard InChI is InChI=1S/C29H32FN5O2/c1-21-4-3-5-25(18-21)37-20-29(36)31-23-8-11-27-26(19-23)32-28(33(27)2)12-13-34-14-16-35(17-15-34)24-9-6-22(30)7-10-24/h3-11,18-19H,12-17,20H2,1-2H3,(H,31,36). The summed E-state index contributed by atoms with van der Waals surface area (Å²) in [5, 5.41) is 2.91. The highest BCUT2D eigenvalue weighted by molar-refractivity contribution is 5.94. The third-order valence-electron chi connectivity index (χ3n) is 6.83. The average Bonchev–Trinajstić information content (AvgIpc) is 3.21. The second-order valence-electron chi connectivity index (χ2n) is 9.50. The maximum atomic E-state index is 13.2. The second kappa shape index (κ2) is 11.0. The van der Waals surface area contributed by atoms with E-state index in [-0.39, 0.29) is 18.3 Å². The number of nitrogens with zero attached hydrogens (tertiary/aromatic N) is 4. The van der Waals surface area contributed by atoms with Crippen molar-refractivity contribution in [3.63, 3.8) is 0 Å². The van der Waals surface area contributed by atoms with Gasteiger partial charge in [0.25, 0.3) is 5.91 Å². The van der Waals surface area contributed by atoms with Crippen LogP contribution in [0, 0.1) is 12.7 Å². The SMILES string of the molecule is Cc1cccc(OCC(=O)Nc2ccc3c(c2)nc(CCN2CCN(c4ccc(F)cc4)CC2)n3C)c1. The molecule has 0 radical (unpaired) electrons. The van der Waals surface area contributed by atoms with Crippen LogP contribution in [0.15, 0.2) is 66.7 Å². The van der Waals surface area contributed by atoms with Crippen LogP contribution >= 0.6 is 0 Å². The fourth-order valence-corrected chi connectivity index (χ4v) is 4.74. The molecule has 1 saturated heterocycles. The first-order valence-electron chi connectivity index (χ1n) is 12.6. The molecule has 2 heterocycles. The molecule has 0 unspecified atom stereocenters. The van der Waals surface area contributed by atoms with Crippen LogP contribution in [0.3, 0.4) is 0 Å². The van der Waals surface area contributed by atoms with E-state index < -0.39 is 0 Å². The molecule has 37 heavy (non-hydrogen) atoms. The first-order chi connectivity index (χ1) is 17.9. The zero-order valence-electron chi connectivity index (χ0n) is 21.3. The van der Waals surface area contributed by atoms with Crippen molar-refractivity contribution >= 4 is 28.3 Å². The maximum absolute atomic E-state index is 13.2. The molecule has 1 amide bonds. The Morgan fingerprint density at radius 1 is 1.03 bits per heavy atom. The Morgan fingerprint density at radius 3 is 2.57 bits per heavy atom. The second-order valence-corrected chi connectivity index (χ2v) is 9.50. The lowest BCUT2D eigenvalue weighted by atomic mass is 10.2. The number of hydrogen-bond donors (Lipinski definition) is 1. The summed E-state index contributed by atoms with van der Waals surface area (Å²) < 4.78 is 20.9. The quantitative estimate of drug-likeness (QED) is 0.388. The third kappa shape index (κ3) is 6.09. The Bertz CT molecular complexity index is 1380. The van der Waals surface area contributed by atoms with Gasteiger partial charge in [0.1, 0.15) is 17.4 Å². The molecule has 8 heteroatoms. The number of imidazole rings is 1. The number of ether oxygens (including phenoxy) is 1. The summed E-state index contributed by atoms with van der Waals surface area (Å²) >= 11 is 0. The molecule has 4 aromatic rings. The normalized spacial score (nSPS) is 14.2. The molecule has 0 aliphatic carbocycles. The Labute approximate surface area is 216 Å². The molecule has 0 saturated carbocycles. The van der Waals surface area contributed by atoms with Gasteiger partial charge in [-0.15, -0.1) is 0 Å². The number of aromatic nitrogens is 2. The van der Waals surface area contributed by atoms with Gasteiger partial charge in [0.05, 0.1) is 11.0 Å². The zero-order valence-corrected chi connectivity index (χ0v) is 21.3. The van der Waals surface area contributed by atoms with Crippen LogP contribution in [0.2, 0.25) is 0 Å². The van der Waals surface area contributed by atoms with Crippen molar-refractivity contribution in [1.82, 2.24) is 14.5 Å². The van der Waals surface area contributed by atoms with E-state index in [1.54, 1.807) is 0 Å². The van der Waals surface area contributed by atoms with Crippen LogP contribution in [-0.4, -0.2) is 59.7 Å². The van der Waals surface area contributed by atoms with E-state index in [2.05, 4.69) is 19.7 Å². The van der Waals surface area contributed by atoms with Gasteiger partial charge >= 0.3 is 0 Å². The monoisotopic (exact) mass is 501 g/mol. The van der Waals surface area contributed by atoms with E-state index in [1.165, 1.54) is 12.1 Å². The molecule has 0 bridgehead atoms. The van der Waals surface area contributed by atoms with E-state index in [4.69, 9.17) is 9.72 Å². The number of benzene rings is 3. The molecule has 1 N–H and O–H groups in total. The minimum absolute atomic E-state index is 0.0522. The van der Waals surface area contributed by atoms with Gasteiger partial charge in [-0.05, 0) is 67.1 Å². The fourth-order valence-electron chi connectivity index (χ4n) is 4.74. The molecule has 1 fully saturated rings. The summed E-state index contributed by atoms with van der Waals surface area (Å²) in [6.45, 7) is 6.62. The predicted molar refractivity (Wildman–Crippen MR) is 145 cm³/mol. The highest BCUT2D eigenvalue weighted by atomic mass is 19.1. The number of amides is 1. The van der Waals surface area contributed by atoms with Gasteiger partial charge in [-0.2, -0.15) is 0 Å². The van der Waals surface area contributed by atoms with Gasteiger partial charge in [-0.25, -0.2) is 9.37 Å². The first-order valence-corrected chi connectivity index (χ1v) is 12.6. The number of anilines is 2. The number of rotatable bonds is 8. The minimum Gasteiger partial charge on any atom is -0.484 e. The van der Waals surface area contributed by atoms with Crippen LogP contribution in [0.25, 0.3) is 11.0 Å². The molecular formula is C29H32FN5O2. The van der Waals surface area contributed by atoms with Crippen LogP contribution in [0.4, 0.5) is 15.8 Å². The molecule has 0 spiro atoms. The molecule has 192 valence electrons. The van der Waals surface area contributed by atoms with Gasteiger partial charge in [-0.3, -0.25) is 9.69 Å². The van der Waals surface area contributed by atoms with Gasteiger partial charge in [0.2, 0.25) is 0 Å². The smallest absolute Gasteiger partial charge is 0.262 e. The van der Waals surface area contributed by atoms with Crippen LogP contribution in [0.1, 0.15) is 11.4 Å². The molecule has 1 aliphatic rings. The van der Waals surface area contributed by atoms with Gasteiger partial charge in [-0.1, -0.05) is 12.1 Å². The molecule has 3 aromatic carbocycles. The van der Waals surface area contributed by atoms with Crippen molar-refractivity contribution in [1.29, 1.82) is 0 Å². The van der Waals surface area contributed by atoms with E-state index in [9.17, 15) is 9.18 Å². The van der Waals surface area contributed by atoms with Crippen molar-refractivity contribution in [2.45, 2.75) is 13.3 Å². The van der Waals surface area contributed by atoms with E-state index in [0.717, 1.165) is 67.3 Å². The lowest BCUT2D eigenvalue weighted by Crippen LogP contribution is -2.47. The molecule has 5 rings (SSSR count). The molecular weight excluding hydrogens is 469 g/mol. The van der Waals surface area contributed by atoms with Crippen molar-refractivity contribution in [2.75, 3.05) is 49.5 Å². The summed E-state index contributed by atoms with van der Waals surface area (Å²) in [6, 6.07) is 20.2. The molecule has 0 atom stereocenters. The summed E-state index contributed by atoms with van der Waals surface area (Å²) in [7, 11) is 2.03. The number of halogens is 1. The van der Waals surface area contributed by atoms with E-state index in [0.29, 0.717) is 11.4 Å². The topological polar surface area (TPSA) is 62.6 Å².